The Labute approximate surface area is 84.5 Å². The first-order valence-electron chi connectivity index (χ1n) is 5.13. The van der Waals surface area contributed by atoms with Gasteiger partial charge in [0.25, 0.3) is 0 Å². The zero-order valence-electron chi connectivity index (χ0n) is 8.44. The highest BCUT2D eigenvalue weighted by Crippen LogP contribution is 2.34. The maximum absolute atomic E-state index is 9.74. The molecule has 2 atom stereocenters. The largest absolute Gasteiger partial charge is 0.497 e. The zero-order chi connectivity index (χ0) is 9.97. The summed E-state index contributed by atoms with van der Waals surface area (Å²) in [6, 6.07) is 8.02. The Morgan fingerprint density at radius 3 is 2.43 bits per heavy atom. The second-order valence-corrected chi connectivity index (χ2v) is 3.88. The molecule has 76 valence electrons. The molecule has 1 N–H and O–H groups in total. The molecule has 0 saturated heterocycles. The molecule has 0 bridgehead atoms. The molecule has 14 heavy (non-hydrogen) atoms. The van der Waals surface area contributed by atoms with Crippen molar-refractivity contribution >= 4 is 0 Å². The van der Waals surface area contributed by atoms with Crippen molar-refractivity contribution in [1.29, 1.82) is 0 Å². The van der Waals surface area contributed by atoms with Crippen molar-refractivity contribution in [2.24, 2.45) is 0 Å². The lowest BCUT2D eigenvalue weighted by atomic mass is 9.96. The van der Waals surface area contributed by atoms with Gasteiger partial charge >= 0.3 is 0 Å². The van der Waals surface area contributed by atoms with E-state index in [4.69, 9.17) is 4.74 Å². The smallest absolute Gasteiger partial charge is 0.118 e. The molecule has 0 amide bonds. The molecule has 2 rings (SSSR count). The molecule has 1 aromatic carbocycles. The lowest BCUT2D eigenvalue weighted by Crippen LogP contribution is -2.10. The highest BCUT2D eigenvalue weighted by molar-refractivity contribution is 5.30. The minimum absolute atomic E-state index is 0.150. The molecule has 2 nitrogen and oxygen atoms in total. The van der Waals surface area contributed by atoms with E-state index in [0.717, 1.165) is 25.0 Å². The fourth-order valence-corrected chi connectivity index (χ4v) is 2.18. The normalized spacial score (nSPS) is 26.4. The number of hydrogen-bond acceptors (Lipinski definition) is 2. The first kappa shape index (κ1) is 9.53. The summed E-state index contributed by atoms with van der Waals surface area (Å²) in [7, 11) is 1.67. The fourth-order valence-electron chi connectivity index (χ4n) is 2.18. The maximum atomic E-state index is 9.74. The molecular formula is C12H16O2. The van der Waals surface area contributed by atoms with Crippen LogP contribution in [0.2, 0.25) is 0 Å². The van der Waals surface area contributed by atoms with Crippen LogP contribution in [0.3, 0.4) is 0 Å². The minimum Gasteiger partial charge on any atom is -0.497 e. The molecular weight excluding hydrogens is 176 g/mol. The van der Waals surface area contributed by atoms with E-state index >= 15 is 0 Å². The molecule has 0 unspecified atom stereocenters. The Hall–Kier alpha value is -1.02. The van der Waals surface area contributed by atoms with E-state index in [1.165, 1.54) is 5.56 Å². The van der Waals surface area contributed by atoms with Crippen LogP contribution in [-0.4, -0.2) is 18.3 Å². The number of aliphatic hydroxyl groups is 1. The topological polar surface area (TPSA) is 29.5 Å². The quantitative estimate of drug-likeness (QED) is 0.779. The van der Waals surface area contributed by atoms with Gasteiger partial charge in [-0.25, -0.2) is 0 Å². The second-order valence-electron chi connectivity index (χ2n) is 3.88. The minimum atomic E-state index is -0.150. The van der Waals surface area contributed by atoms with Crippen LogP contribution in [0.15, 0.2) is 24.3 Å². The summed E-state index contributed by atoms with van der Waals surface area (Å²) in [6.07, 6.45) is 3.03. The Bertz CT molecular complexity index is 292. The Morgan fingerprint density at radius 1 is 1.21 bits per heavy atom. The molecule has 1 aliphatic rings. The standard InChI is InChI=1S/C12H16O2/c1-14-10-7-5-9(6-8-10)11-3-2-4-12(11)13/h5-8,11-13H,2-4H2,1H3/t11-,12-/m0/s1. The van der Waals surface area contributed by atoms with Gasteiger partial charge in [0.2, 0.25) is 0 Å². The molecule has 0 spiro atoms. The van der Waals surface area contributed by atoms with Crippen molar-refractivity contribution in [3.8, 4) is 5.75 Å². The molecule has 1 fully saturated rings. The number of ether oxygens (including phenoxy) is 1. The lowest BCUT2D eigenvalue weighted by Gasteiger charge is -2.14. The van der Waals surface area contributed by atoms with E-state index in [1.54, 1.807) is 7.11 Å². The van der Waals surface area contributed by atoms with Gasteiger partial charge in [0.05, 0.1) is 13.2 Å². The average Bonchev–Trinajstić information content (AvgIpc) is 2.65. The fraction of sp³-hybridized carbons (Fsp3) is 0.500. The molecule has 0 radical (unpaired) electrons. The number of methoxy groups -OCH3 is 1. The van der Waals surface area contributed by atoms with Gasteiger partial charge in [-0.05, 0) is 30.5 Å². The number of benzene rings is 1. The third-order valence-electron chi connectivity index (χ3n) is 3.02. The number of aliphatic hydroxyl groups excluding tert-OH is 1. The Morgan fingerprint density at radius 2 is 1.93 bits per heavy atom. The van der Waals surface area contributed by atoms with Crippen LogP contribution < -0.4 is 4.74 Å². The van der Waals surface area contributed by atoms with E-state index in [0.29, 0.717) is 5.92 Å². The van der Waals surface area contributed by atoms with Crippen LogP contribution in [-0.2, 0) is 0 Å². The van der Waals surface area contributed by atoms with E-state index in [1.807, 2.05) is 12.1 Å². The lowest BCUT2D eigenvalue weighted by molar-refractivity contribution is 0.164. The van der Waals surface area contributed by atoms with Crippen molar-refractivity contribution in [1.82, 2.24) is 0 Å². The average molecular weight is 192 g/mol. The third-order valence-corrected chi connectivity index (χ3v) is 3.02. The highest BCUT2D eigenvalue weighted by atomic mass is 16.5. The molecule has 1 aliphatic carbocycles. The molecule has 0 aromatic heterocycles. The second kappa shape index (κ2) is 4.01. The molecule has 2 heteroatoms. The van der Waals surface area contributed by atoms with Crippen LogP contribution in [0.4, 0.5) is 0 Å². The third kappa shape index (κ3) is 1.75. The van der Waals surface area contributed by atoms with Crippen LogP contribution in [0.1, 0.15) is 30.7 Å². The van der Waals surface area contributed by atoms with Crippen LogP contribution >= 0.6 is 0 Å². The van der Waals surface area contributed by atoms with Crippen molar-refractivity contribution in [2.45, 2.75) is 31.3 Å². The number of rotatable bonds is 2. The monoisotopic (exact) mass is 192 g/mol. The predicted octanol–water partition coefficient (Wildman–Crippen LogP) is 2.32. The van der Waals surface area contributed by atoms with E-state index in [9.17, 15) is 5.11 Å². The van der Waals surface area contributed by atoms with Gasteiger partial charge in [0.15, 0.2) is 0 Å². The first-order chi connectivity index (χ1) is 6.81. The van der Waals surface area contributed by atoms with Crippen LogP contribution in [0, 0.1) is 0 Å². The van der Waals surface area contributed by atoms with Gasteiger partial charge in [-0.3, -0.25) is 0 Å². The van der Waals surface area contributed by atoms with E-state index < -0.39 is 0 Å². The van der Waals surface area contributed by atoms with Gasteiger partial charge in [0, 0.05) is 5.92 Å². The first-order valence-corrected chi connectivity index (χ1v) is 5.13. The zero-order valence-corrected chi connectivity index (χ0v) is 8.44. The Kier molecular flexibility index (Phi) is 2.73. The summed E-state index contributed by atoms with van der Waals surface area (Å²) in [5.41, 5.74) is 1.23. The van der Waals surface area contributed by atoms with E-state index in [-0.39, 0.29) is 6.10 Å². The van der Waals surface area contributed by atoms with Gasteiger partial charge in [-0.2, -0.15) is 0 Å². The van der Waals surface area contributed by atoms with Gasteiger partial charge in [-0.15, -0.1) is 0 Å². The molecule has 1 aromatic rings. The van der Waals surface area contributed by atoms with E-state index in [2.05, 4.69) is 12.1 Å². The van der Waals surface area contributed by atoms with Crippen molar-refractivity contribution < 1.29 is 9.84 Å². The summed E-state index contributed by atoms with van der Waals surface area (Å²) in [6.45, 7) is 0. The highest BCUT2D eigenvalue weighted by Gasteiger charge is 2.26. The van der Waals surface area contributed by atoms with Gasteiger partial charge in [0.1, 0.15) is 5.75 Å². The molecule has 0 heterocycles. The van der Waals surface area contributed by atoms with Crippen molar-refractivity contribution in [3.05, 3.63) is 29.8 Å². The number of hydrogen-bond donors (Lipinski definition) is 1. The summed E-state index contributed by atoms with van der Waals surface area (Å²) >= 11 is 0. The summed E-state index contributed by atoms with van der Waals surface area (Å²) < 4.78 is 5.10. The molecule has 1 saturated carbocycles. The van der Waals surface area contributed by atoms with Crippen molar-refractivity contribution in [3.63, 3.8) is 0 Å². The maximum Gasteiger partial charge on any atom is 0.118 e. The summed E-state index contributed by atoms with van der Waals surface area (Å²) in [5, 5.41) is 9.74. The van der Waals surface area contributed by atoms with Crippen LogP contribution in [0.5, 0.6) is 5.75 Å². The summed E-state index contributed by atoms with van der Waals surface area (Å²) in [5.74, 6) is 1.21. The van der Waals surface area contributed by atoms with Crippen LogP contribution in [0.25, 0.3) is 0 Å². The van der Waals surface area contributed by atoms with Gasteiger partial charge in [-0.1, -0.05) is 18.6 Å². The Balaban J connectivity index is 2.16. The van der Waals surface area contributed by atoms with Crippen molar-refractivity contribution in [2.75, 3.05) is 7.11 Å². The SMILES string of the molecule is COc1ccc([C@@H]2CCC[C@@H]2O)cc1. The van der Waals surface area contributed by atoms with Gasteiger partial charge < -0.3 is 9.84 Å². The summed E-state index contributed by atoms with van der Waals surface area (Å²) in [4.78, 5) is 0. The predicted molar refractivity (Wildman–Crippen MR) is 55.6 cm³/mol. The molecule has 0 aliphatic heterocycles.